The maximum absolute atomic E-state index is 13.3. The van der Waals surface area contributed by atoms with Crippen LogP contribution in [0.25, 0.3) is 0 Å². The Morgan fingerprint density at radius 3 is 2.53 bits per heavy atom. The normalized spacial score (nSPS) is 18.1. The van der Waals surface area contributed by atoms with Crippen molar-refractivity contribution in [3.8, 4) is 0 Å². The van der Waals surface area contributed by atoms with Crippen LogP contribution in [0, 0.1) is 5.92 Å². The topological polar surface area (TPSA) is 120 Å². The van der Waals surface area contributed by atoms with Gasteiger partial charge >= 0.3 is 7.12 Å². The molecule has 0 radical (unpaired) electrons. The number of nitrogens with one attached hydrogen (secondary N) is 2. The minimum atomic E-state index is -1.73. The fourth-order valence-electron chi connectivity index (χ4n) is 3.68. The zero-order valence-electron chi connectivity index (χ0n) is 18.8. The Labute approximate surface area is 208 Å². The Balaban J connectivity index is 1.74. The summed E-state index contributed by atoms with van der Waals surface area (Å²) < 4.78 is 0. The molecule has 1 aliphatic heterocycles. The second-order valence-corrected chi connectivity index (χ2v) is 9.39. The number of carbonyl (C=O) groups is 2. The van der Waals surface area contributed by atoms with E-state index < -0.39 is 30.5 Å². The van der Waals surface area contributed by atoms with Crippen LogP contribution in [0.5, 0.6) is 0 Å². The summed E-state index contributed by atoms with van der Waals surface area (Å²) in [7, 11) is -1.73. The van der Waals surface area contributed by atoms with E-state index in [1.54, 1.807) is 19.9 Å². The number of oxime groups is 1. The molecule has 0 aromatic heterocycles. The summed E-state index contributed by atoms with van der Waals surface area (Å²) in [6, 6.07) is 13.9. The van der Waals surface area contributed by atoms with Crippen molar-refractivity contribution in [3.63, 3.8) is 0 Å². The summed E-state index contributed by atoms with van der Waals surface area (Å²) in [5.41, 5.74) is 0.105. The molecule has 0 saturated heterocycles. The molecule has 1 aliphatic rings. The second-order valence-electron chi connectivity index (χ2n) is 8.55. The summed E-state index contributed by atoms with van der Waals surface area (Å²) in [4.78, 5) is 31.6. The minimum absolute atomic E-state index is 0.0295. The first-order valence-corrected chi connectivity index (χ1v) is 11.5. The van der Waals surface area contributed by atoms with Crippen molar-refractivity contribution in [2.24, 2.45) is 11.1 Å². The Hall–Kier alpha value is -2.59. The van der Waals surface area contributed by atoms with E-state index in [-0.39, 0.29) is 35.9 Å². The SMILES string of the molecule is CC(C)C(NC(=O)C1(Cc2ccccc2)CC(CNC(=O)c2cc(Cl)ccc2Cl)=NO1)B(O)O. The van der Waals surface area contributed by atoms with Crippen LogP contribution in [0.3, 0.4) is 0 Å². The van der Waals surface area contributed by atoms with Crippen molar-refractivity contribution in [2.45, 2.75) is 38.2 Å². The van der Waals surface area contributed by atoms with Crippen molar-refractivity contribution in [1.82, 2.24) is 10.6 Å². The van der Waals surface area contributed by atoms with Gasteiger partial charge in [-0.3, -0.25) is 9.59 Å². The van der Waals surface area contributed by atoms with Crippen LogP contribution in [-0.4, -0.2) is 52.8 Å². The van der Waals surface area contributed by atoms with Gasteiger partial charge in [0.2, 0.25) is 5.60 Å². The van der Waals surface area contributed by atoms with Gasteiger partial charge in [0.25, 0.3) is 11.8 Å². The monoisotopic (exact) mass is 505 g/mol. The van der Waals surface area contributed by atoms with E-state index in [0.717, 1.165) is 5.56 Å². The molecule has 11 heteroatoms. The molecule has 2 aromatic carbocycles. The number of benzene rings is 2. The van der Waals surface area contributed by atoms with Crippen LogP contribution in [-0.2, 0) is 16.1 Å². The lowest BCUT2D eigenvalue weighted by molar-refractivity contribution is -0.144. The molecular formula is C23H26BCl2N3O5. The van der Waals surface area contributed by atoms with Crippen LogP contribution < -0.4 is 10.6 Å². The molecule has 0 fully saturated rings. The Morgan fingerprint density at radius 2 is 1.88 bits per heavy atom. The van der Waals surface area contributed by atoms with Gasteiger partial charge < -0.3 is 25.5 Å². The first-order chi connectivity index (χ1) is 16.1. The average molecular weight is 506 g/mol. The number of carbonyl (C=O) groups excluding carboxylic acids is 2. The third-order valence-electron chi connectivity index (χ3n) is 5.55. The number of hydrogen-bond acceptors (Lipinski definition) is 6. The lowest BCUT2D eigenvalue weighted by atomic mass is 9.72. The van der Waals surface area contributed by atoms with Crippen LogP contribution >= 0.6 is 23.2 Å². The highest BCUT2D eigenvalue weighted by Gasteiger charge is 2.48. The average Bonchev–Trinajstić information content (AvgIpc) is 3.21. The molecule has 8 nitrogen and oxygen atoms in total. The zero-order valence-corrected chi connectivity index (χ0v) is 20.3. The van der Waals surface area contributed by atoms with Gasteiger partial charge in [0.15, 0.2) is 0 Å². The first-order valence-electron chi connectivity index (χ1n) is 10.8. The molecule has 34 heavy (non-hydrogen) atoms. The fraction of sp³-hybridized carbons (Fsp3) is 0.348. The van der Waals surface area contributed by atoms with Gasteiger partial charge in [-0.05, 0) is 29.7 Å². The van der Waals surface area contributed by atoms with Gasteiger partial charge in [0.1, 0.15) is 0 Å². The molecule has 0 aliphatic carbocycles. The highest BCUT2D eigenvalue weighted by atomic mass is 35.5. The van der Waals surface area contributed by atoms with Gasteiger partial charge in [0.05, 0.1) is 28.8 Å². The Bertz CT molecular complexity index is 1060. The molecule has 3 rings (SSSR count). The van der Waals surface area contributed by atoms with Crippen molar-refractivity contribution < 1.29 is 24.5 Å². The molecule has 2 amide bonds. The van der Waals surface area contributed by atoms with E-state index in [1.807, 2.05) is 30.3 Å². The fourth-order valence-corrected chi connectivity index (χ4v) is 4.06. The molecule has 4 N–H and O–H groups in total. The summed E-state index contributed by atoms with van der Waals surface area (Å²) in [5, 5.41) is 29.5. The summed E-state index contributed by atoms with van der Waals surface area (Å²) in [5.74, 6) is -2.09. The molecule has 0 spiro atoms. The van der Waals surface area contributed by atoms with E-state index in [0.29, 0.717) is 10.7 Å². The minimum Gasteiger partial charge on any atom is -0.426 e. The van der Waals surface area contributed by atoms with Crippen molar-refractivity contribution in [2.75, 3.05) is 6.54 Å². The summed E-state index contributed by atoms with van der Waals surface area (Å²) in [6.45, 7) is 3.56. The summed E-state index contributed by atoms with van der Waals surface area (Å²) in [6.07, 6.45) is 0.302. The van der Waals surface area contributed by atoms with Gasteiger partial charge in [-0.25, -0.2) is 0 Å². The molecule has 2 atom stereocenters. The number of rotatable bonds is 9. The maximum atomic E-state index is 13.3. The van der Waals surface area contributed by atoms with Crippen LogP contribution in [0.2, 0.25) is 10.0 Å². The number of amides is 2. The number of hydrogen-bond donors (Lipinski definition) is 4. The van der Waals surface area contributed by atoms with Gasteiger partial charge in [-0.15, -0.1) is 0 Å². The van der Waals surface area contributed by atoms with E-state index in [4.69, 9.17) is 28.0 Å². The predicted octanol–water partition coefficient (Wildman–Crippen LogP) is 2.63. The third-order valence-corrected chi connectivity index (χ3v) is 6.11. The highest BCUT2D eigenvalue weighted by molar-refractivity contribution is 6.43. The predicted molar refractivity (Wildman–Crippen MR) is 132 cm³/mol. The van der Waals surface area contributed by atoms with Gasteiger partial charge in [-0.1, -0.05) is 72.5 Å². The maximum Gasteiger partial charge on any atom is 0.475 e. The van der Waals surface area contributed by atoms with Crippen molar-refractivity contribution in [3.05, 3.63) is 69.7 Å². The van der Waals surface area contributed by atoms with E-state index in [9.17, 15) is 19.6 Å². The highest BCUT2D eigenvalue weighted by Crippen LogP contribution is 2.29. The quantitative estimate of drug-likeness (QED) is 0.390. The van der Waals surface area contributed by atoms with E-state index in [1.165, 1.54) is 12.1 Å². The molecule has 180 valence electrons. The molecule has 2 aromatic rings. The van der Waals surface area contributed by atoms with E-state index >= 15 is 0 Å². The first kappa shape index (κ1) is 26.0. The number of halogens is 2. The Morgan fingerprint density at radius 1 is 1.18 bits per heavy atom. The van der Waals surface area contributed by atoms with Crippen LogP contribution in [0.1, 0.15) is 36.2 Å². The zero-order chi connectivity index (χ0) is 24.9. The van der Waals surface area contributed by atoms with Crippen LogP contribution in [0.15, 0.2) is 53.7 Å². The third kappa shape index (κ3) is 6.30. The molecule has 0 bridgehead atoms. The Kier molecular flexibility index (Phi) is 8.59. The van der Waals surface area contributed by atoms with E-state index in [2.05, 4.69) is 15.8 Å². The molecular weight excluding hydrogens is 480 g/mol. The second kappa shape index (κ2) is 11.2. The lowest BCUT2D eigenvalue weighted by Crippen LogP contribution is -2.57. The van der Waals surface area contributed by atoms with Gasteiger partial charge in [-0.2, -0.15) is 0 Å². The lowest BCUT2D eigenvalue weighted by Gasteiger charge is -2.29. The molecule has 0 saturated carbocycles. The molecule has 1 heterocycles. The molecule has 2 unspecified atom stereocenters. The van der Waals surface area contributed by atoms with Gasteiger partial charge in [0, 0.05) is 17.9 Å². The largest absolute Gasteiger partial charge is 0.475 e. The standard InChI is InChI=1S/C23H26BCl2N3O5/c1-14(2)20(24(32)33)28-22(31)23(11-15-6-4-3-5-7-15)12-17(29-34-23)13-27-21(30)18-10-16(25)8-9-19(18)26/h3-10,14,20,32-33H,11-13H2,1-2H3,(H,27,30)(H,28,31). The summed E-state index contributed by atoms with van der Waals surface area (Å²) >= 11 is 12.1. The smallest absolute Gasteiger partial charge is 0.426 e. The number of nitrogens with zero attached hydrogens (tertiary/aromatic N) is 1. The van der Waals surface area contributed by atoms with Crippen molar-refractivity contribution in [1.29, 1.82) is 0 Å². The van der Waals surface area contributed by atoms with Crippen molar-refractivity contribution >= 4 is 47.8 Å². The van der Waals surface area contributed by atoms with Crippen LogP contribution in [0.4, 0.5) is 0 Å².